The maximum absolute atomic E-state index is 13.9. The zero-order valence-electron chi connectivity index (χ0n) is 14.6. The molecule has 7 nitrogen and oxygen atoms in total. The van der Waals surface area contributed by atoms with E-state index >= 15 is 0 Å². The molecular formula is C17H16F3N5O2. The second-order valence-electron chi connectivity index (χ2n) is 6.73. The number of aromatic nitrogens is 5. The van der Waals surface area contributed by atoms with E-state index in [2.05, 4.69) is 15.2 Å². The van der Waals surface area contributed by atoms with E-state index in [9.17, 15) is 18.0 Å². The first-order valence-corrected chi connectivity index (χ1v) is 8.36. The summed E-state index contributed by atoms with van der Waals surface area (Å²) >= 11 is 0. The second-order valence-corrected chi connectivity index (χ2v) is 6.73. The summed E-state index contributed by atoms with van der Waals surface area (Å²) in [5.41, 5.74) is 0.578. The molecular weight excluding hydrogens is 363 g/mol. The summed E-state index contributed by atoms with van der Waals surface area (Å²) in [5.74, 6) is -1.28. The zero-order chi connectivity index (χ0) is 19.5. The van der Waals surface area contributed by atoms with Crippen molar-refractivity contribution in [3.05, 3.63) is 29.2 Å². The van der Waals surface area contributed by atoms with Crippen molar-refractivity contribution < 1.29 is 23.1 Å². The molecule has 0 radical (unpaired) electrons. The Balaban J connectivity index is 2.05. The fourth-order valence-corrected chi connectivity index (χ4v) is 3.19. The van der Waals surface area contributed by atoms with E-state index in [0.717, 1.165) is 23.6 Å². The molecule has 3 aromatic heterocycles. The maximum atomic E-state index is 13.9. The third-order valence-corrected chi connectivity index (χ3v) is 4.80. The van der Waals surface area contributed by atoms with Gasteiger partial charge in [0.1, 0.15) is 6.54 Å². The first-order valence-electron chi connectivity index (χ1n) is 8.36. The number of hydrogen-bond donors (Lipinski definition) is 1. The molecule has 27 heavy (non-hydrogen) atoms. The van der Waals surface area contributed by atoms with Gasteiger partial charge in [-0.25, -0.2) is 9.67 Å². The lowest BCUT2D eigenvalue weighted by molar-refractivity contribution is -0.138. The third-order valence-electron chi connectivity index (χ3n) is 4.80. The number of carbonyl (C=O) groups is 1. The Morgan fingerprint density at radius 2 is 2.07 bits per heavy atom. The Hall–Kier alpha value is -2.91. The minimum Gasteiger partial charge on any atom is -0.480 e. The summed E-state index contributed by atoms with van der Waals surface area (Å²) < 4.78 is 44.2. The van der Waals surface area contributed by atoms with E-state index in [0.29, 0.717) is 11.3 Å². The van der Waals surface area contributed by atoms with Gasteiger partial charge in [0, 0.05) is 24.2 Å². The quantitative estimate of drug-likeness (QED) is 0.753. The molecule has 0 atom stereocenters. The molecule has 0 spiro atoms. The van der Waals surface area contributed by atoms with Crippen LogP contribution in [0.25, 0.3) is 22.3 Å². The van der Waals surface area contributed by atoms with Gasteiger partial charge in [-0.3, -0.25) is 9.48 Å². The van der Waals surface area contributed by atoms with Crippen molar-refractivity contribution in [1.29, 1.82) is 0 Å². The molecule has 1 fully saturated rings. The van der Waals surface area contributed by atoms with Crippen molar-refractivity contribution in [2.24, 2.45) is 7.05 Å². The van der Waals surface area contributed by atoms with E-state index in [1.165, 1.54) is 6.20 Å². The standard InChI is InChI=1S/C17H16F3N5O2/c1-8-10(6-21-24(8)2)12-5-11(17(18,19)20)14-15(9-3-4-9)23-25(7-13(26)27)16(14)22-12/h5-6,9H,3-4,7H2,1-2H3,(H,26,27). The molecule has 1 aliphatic rings. The van der Waals surface area contributed by atoms with E-state index in [-0.39, 0.29) is 28.3 Å². The number of nitrogens with zero attached hydrogens (tertiary/aromatic N) is 5. The summed E-state index contributed by atoms with van der Waals surface area (Å²) in [6, 6.07) is 1.00. The van der Waals surface area contributed by atoms with Gasteiger partial charge in [0.05, 0.1) is 28.5 Å². The first-order chi connectivity index (χ1) is 12.7. The summed E-state index contributed by atoms with van der Waals surface area (Å²) in [7, 11) is 1.68. The van der Waals surface area contributed by atoms with Crippen LogP contribution in [0.3, 0.4) is 0 Å². The van der Waals surface area contributed by atoms with E-state index in [4.69, 9.17) is 5.11 Å². The Labute approximate surface area is 151 Å². The predicted molar refractivity (Wildman–Crippen MR) is 89.1 cm³/mol. The van der Waals surface area contributed by atoms with Crippen molar-refractivity contribution >= 4 is 17.0 Å². The average Bonchev–Trinajstić information content (AvgIpc) is 3.29. The monoisotopic (exact) mass is 379 g/mol. The molecule has 1 aliphatic carbocycles. The molecule has 0 aromatic carbocycles. The van der Waals surface area contributed by atoms with E-state index < -0.39 is 24.3 Å². The van der Waals surface area contributed by atoms with Gasteiger partial charge in [-0.2, -0.15) is 23.4 Å². The highest BCUT2D eigenvalue weighted by Gasteiger charge is 2.39. The Morgan fingerprint density at radius 1 is 1.37 bits per heavy atom. The molecule has 142 valence electrons. The number of alkyl halides is 3. The number of aryl methyl sites for hydroxylation is 1. The fourth-order valence-electron chi connectivity index (χ4n) is 3.19. The number of carboxylic acid groups (broad SMARTS) is 1. The first kappa shape index (κ1) is 17.5. The van der Waals surface area contributed by atoms with Crippen molar-refractivity contribution in [3.8, 4) is 11.3 Å². The van der Waals surface area contributed by atoms with Crippen molar-refractivity contribution in [2.45, 2.75) is 38.4 Å². The highest BCUT2D eigenvalue weighted by molar-refractivity contribution is 5.87. The van der Waals surface area contributed by atoms with Crippen molar-refractivity contribution in [1.82, 2.24) is 24.5 Å². The smallest absolute Gasteiger partial charge is 0.417 e. The van der Waals surface area contributed by atoms with Crippen LogP contribution in [0, 0.1) is 6.92 Å². The molecule has 3 aromatic rings. The number of fused-ring (bicyclic) bond motifs is 1. The number of aliphatic carboxylic acids is 1. The van der Waals surface area contributed by atoms with Crippen LogP contribution in [0.1, 0.15) is 35.7 Å². The van der Waals surface area contributed by atoms with Crippen LogP contribution in [-0.4, -0.2) is 35.6 Å². The second kappa shape index (κ2) is 5.80. The molecule has 4 rings (SSSR count). The number of hydrogen-bond acceptors (Lipinski definition) is 4. The predicted octanol–water partition coefficient (Wildman–Crippen LogP) is 3.12. The molecule has 0 amide bonds. The SMILES string of the molecule is Cc1c(-c2cc(C(F)(F)F)c3c(C4CC4)nn(CC(=O)O)c3n2)cnn1C. The van der Waals surface area contributed by atoms with Gasteiger partial charge in [0.25, 0.3) is 0 Å². The minimum absolute atomic E-state index is 0.0626. The lowest BCUT2D eigenvalue weighted by Crippen LogP contribution is -2.12. The molecule has 0 saturated heterocycles. The van der Waals surface area contributed by atoms with Crippen LogP contribution >= 0.6 is 0 Å². The van der Waals surface area contributed by atoms with Crippen LogP contribution in [0.2, 0.25) is 0 Å². The van der Waals surface area contributed by atoms with Gasteiger partial charge in [-0.15, -0.1) is 0 Å². The minimum atomic E-state index is -4.62. The van der Waals surface area contributed by atoms with Crippen molar-refractivity contribution in [3.63, 3.8) is 0 Å². The largest absolute Gasteiger partial charge is 0.480 e. The van der Waals surface area contributed by atoms with Gasteiger partial charge in [0.15, 0.2) is 5.65 Å². The van der Waals surface area contributed by atoms with Crippen LogP contribution in [0.15, 0.2) is 12.3 Å². The number of pyridine rings is 1. The molecule has 10 heteroatoms. The lowest BCUT2D eigenvalue weighted by Gasteiger charge is -2.11. The molecule has 3 heterocycles. The normalized spacial score (nSPS) is 14.9. The van der Waals surface area contributed by atoms with Crippen LogP contribution < -0.4 is 0 Å². The van der Waals surface area contributed by atoms with Gasteiger partial charge < -0.3 is 5.11 Å². The van der Waals surface area contributed by atoms with Gasteiger partial charge in [-0.05, 0) is 25.8 Å². The van der Waals surface area contributed by atoms with Gasteiger partial charge in [-0.1, -0.05) is 0 Å². The lowest BCUT2D eigenvalue weighted by atomic mass is 10.0. The number of halogens is 3. The number of carboxylic acids is 1. The summed E-state index contributed by atoms with van der Waals surface area (Å²) in [6.45, 7) is 1.18. The summed E-state index contributed by atoms with van der Waals surface area (Å²) in [5, 5.41) is 17.3. The van der Waals surface area contributed by atoms with Gasteiger partial charge in [0.2, 0.25) is 0 Å². The number of rotatable bonds is 4. The van der Waals surface area contributed by atoms with Crippen LogP contribution in [0.5, 0.6) is 0 Å². The van der Waals surface area contributed by atoms with E-state index in [1.54, 1.807) is 18.7 Å². The van der Waals surface area contributed by atoms with E-state index in [1.807, 2.05) is 0 Å². The molecule has 1 N–H and O–H groups in total. The van der Waals surface area contributed by atoms with Gasteiger partial charge >= 0.3 is 12.1 Å². The highest BCUT2D eigenvalue weighted by Crippen LogP contribution is 2.46. The van der Waals surface area contributed by atoms with Crippen LogP contribution in [-0.2, 0) is 24.6 Å². The summed E-state index contributed by atoms with van der Waals surface area (Å²) in [4.78, 5) is 15.5. The molecule has 0 unspecified atom stereocenters. The summed E-state index contributed by atoms with van der Waals surface area (Å²) in [6.07, 6.45) is -1.70. The molecule has 0 aliphatic heterocycles. The molecule has 1 saturated carbocycles. The Kier molecular flexibility index (Phi) is 3.76. The Morgan fingerprint density at radius 3 is 2.59 bits per heavy atom. The topological polar surface area (TPSA) is 85.8 Å². The van der Waals surface area contributed by atoms with Crippen molar-refractivity contribution in [2.75, 3.05) is 0 Å². The maximum Gasteiger partial charge on any atom is 0.417 e. The zero-order valence-corrected chi connectivity index (χ0v) is 14.6. The average molecular weight is 379 g/mol. The highest BCUT2D eigenvalue weighted by atomic mass is 19.4. The molecule has 0 bridgehead atoms. The fraction of sp³-hybridized carbons (Fsp3) is 0.412. The third kappa shape index (κ3) is 2.94. The Bertz CT molecular complexity index is 1060. The van der Waals surface area contributed by atoms with Crippen LogP contribution in [0.4, 0.5) is 13.2 Å².